The number of hydrogen-bond donors (Lipinski definition) is 0. The zero-order valence-electron chi connectivity index (χ0n) is 18.0. The molecule has 2 heterocycles. The molecule has 3 aliphatic rings. The number of carbonyl (C=O) groups excluding carboxylic acids is 2. The van der Waals surface area contributed by atoms with Crippen molar-refractivity contribution in [1.82, 2.24) is 18.4 Å². The van der Waals surface area contributed by atoms with E-state index in [1.54, 1.807) is 21.2 Å². The molecule has 3 fully saturated rings. The SMILES string of the molecule is CC(C)C(=O)N1CCCC1C(=O)N1CCN(S(=O)(=O)N(C)C2CCCCC2)CC1. The molecule has 2 amide bonds. The van der Waals surface area contributed by atoms with Gasteiger partial charge >= 0.3 is 0 Å². The molecule has 0 radical (unpaired) electrons. The van der Waals surface area contributed by atoms with Gasteiger partial charge in [0.1, 0.15) is 6.04 Å². The van der Waals surface area contributed by atoms with Crippen molar-refractivity contribution in [2.75, 3.05) is 39.8 Å². The summed E-state index contributed by atoms with van der Waals surface area (Å²) in [6.07, 6.45) is 6.74. The first-order chi connectivity index (χ1) is 13.7. The number of nitrogens with zero attached hydrogens (tertiary/aromatic N) is 4. The predicted molar refractivity (Wildman–Crippen MR) is 111 cm³/mol. The molecule has 0 aromatic carbocycles. The number of carbonyl (C=O) groups is 2. The van der Waals surface area contributed by atoms with Gasteiger partial charge in [-0.1, -0.05) is 33.1 Å². The fraction of sp³-hybridized carbons (Fsp3) is 0.900. The molecule has 3 rings (SSSR count). The van der Waals surface area contributed by atoms with Crippen molar-refractivity contribution in [3.63, 3.8) is 0 Å². The van der Waals surface area contributed by atoms with E-state index in [0.717, 1.165) is 32.1 Å². The first-order valence-corrected chi connectivity index (χ1v) is 12.5. The molecule has 9 heteroatoms. The summed E-state index contributed by atoms with van der Waals surface area (Å²) in [4.78, 5) is 28.9. The minimum Gasteiger partial charge on any atom is -0.338 e. The van der Waals surface area contributed by atoms with Crippen molar-refractivity contribution in [3.8, 4) is 0 Å². The molecule has 8 nitrogen and oxygen atoms in total. The standard InChI is InChI=1S/C20H36N4O4S/c1-16(2)19(25)24-11-7-10-18(24)20(26)22-12-14-23(15-13-22)29(27,28)21(3)17-8-5-4-6-9-17/h16-18H,4-15H2,1-3H3. The fourth-order valence-electron chi connectivity index (χ4n) is 4.78. The number of likely N-dealkylation sites (tertiary alicyclic amines) is 1. The topological polar surface area (TPSA) is 81.2 Å². The average molecular weight is 429 g/mol. The number of rotatable bonds is 5. The van der Waals surface area contributed by atoms with E-state index < -0.39 is 16.3 Å². The summed E-state index contributed by atoms with van der Waals surface area (Å²) in [5.74, 6) is -0.133. The van der Waals surface area contributed by atoms with E-state index in [4.69, 9.17) is 0 Å². The summed E-state index contributed by atoms with van der Waals surface area (Å²) < 4.78 is 29.1. The van der Waals surface area contributed by atoms with Gasteiger partial charge in [0.25, 0.3) is 10.2 Å². The van der Waals surface area contributed by atoms with Crippen LogP contribution in [0.15, 0.2) is 0 Å². The van der Waals surface area contributed by atoms with Gasteiger partial charge < -0.3 is 9.80 Å². The minimum atomic E-state index is -3.50. The monoisotopic (exact) mass is 428 g/mol. The first-order valence-electron chi connectivity index (χ1n) is 11.1. The van der Waals surface area contributed by atoms with Crippen LogP contribution in [0.1, 0.15) is 58.8 Å². The van der Waals surface area contributed by atoms with E-state index in [-0.39, 0.29) is 23.8 Å². The largest absolute Gasteiger partial charge is 0.338 e. The molecule has 0 aromatic rings. The Morgan fingerprint density at radius 3 is 2.10 bits per heavy atom. The maximum absolute atomic E-state index is 13.0. The van der Waals surface area contributed by atoms with Gasteiger partial charge in [0, 0.05) is 51.7 Å². The van der Waals surface area contributed by atoms with Crippen LogP contribution in [0.4, 0.5) is 0 Å². The van der Waals surface area contributed by atoms with Crippen molar-refractivity contribution < 1.29 is 18.0 Å². The maximum atomic E-state index is 13.0. The van der Waals surface area contributed by atoms with E-state index in [1.165, 1.54) is 10.7 Å². The van der Waals surface area contributed by atoms with Crippen LogP contribution in [0, 0.1) is 5.92 Å². The third-order valence-electron chi connectivity index (χ3n) is 6.64. The lowest BCUT2D eigenvalue weighted by molar-refractivity contribution is -0.146. The van der Waals surface area contributed by atoms with Gasteiger partial charge in [0.2, 0.25) is 11.8 Å². The van der Waals surface area contributed by atoms with Crippen molar-refractivity contribution in [1.29, 1.82) is 0 Å². The molecule has 0 bridgehead atoms. The lowest BCUT2D eigenvalue weighted by Crippen LogP contribution is -2.58. The highest BCUT2D eigenvalue weighted by atomic mass is 32.2. The third kappa shape index (κ3) is 4.77. The van der Waals surface area contributed by atoms with Gasteiger partial charge in [-0.05, 0) is 25.7 Å². The molecule has 1 aliphatic carbocycles. The predicted octanol–water partition coefficient (Wildman–Crippen LogP) is 1.29. The van der Waals surface area contributed by atoms with Gasteiger partial charge in [-0.2, -0.15) is 17.0 Å². The number of hydrogen-bond acceptors (Lipinski definition) is 4. The molecule has 1 atom stereocenters. The van der Waals surface area contributed by atoms with E-state index in [2.05, 4.69) is 0 Å². The van der Waals surface area contributed by atoms with Crippen molar-refractivity contribution in [2.24, 2.45) is 5.92 Å². The Kier molecular flexibility index (Phi) is 7.22. The molecule has 0 N–H and O–H groups in total. The van der Waals surface area contributed by atoms with Crippen molar-refractivity contribution >= 4 is 22.0 Å². The van der Waals surface area contributed by atoms with Crippen LogP contribution < -0.4 is 0 Å². The van der Waals surface area contributed by atoms with Crippen LogP contribution in [-0.4, -0.2) is 90.5 Å². The molecule has 1 saturated carbocycles. The van der Waals surface area contributed by atoms with Crippen LogP contribution >= 0.6 is 0 Å². The highest BCUT2D eigenvalue weighted by molar-refractivity contribution is 7.86. The highest BCUT2D eigenvalue weighted by Crippen LogP contribution is 2.26. The summed E-state index contributed by atoms with van der Waals surface area (Å²) >= 11 is 0. The fourth-order valence-corrected chi connectivity index (χ4v) is 6.36. The number of piperazine rings is 1. The second kappa shape index (κ2) is 9.31. The molecule has 29 heavy (non-hydrogen) atoms. The van der Waals surface area contributed by atoms with Crippen LogP contribution in [0.3, 0.4) is 0 Å². The summed E-state index contributed by atoms with van der Waals surface area (Å²) in [7, 11) is -1.81. The molecular formula is C20H36N4O4S. The Labute approximate surface area is 175 Å². The summed E-state index contributed by atoms with van der Waals surface area (Å²) in [6.45, 7) is 5.75. The molecule has 0 aromatic heterocycles. The lowest BCUT2D eigenvalue weighted by atomic mass is 9.96. The highest BCUT2D eigenvalue weighted by Gasteiger charge is 2.40. The smallest absolute Gasteiger partial charge is 0.282 e. The van der Waals surface area contributed by atoms with Gasteiger partial charge in [-0.3, -0.25) is 9.59 Å². The van der Waals surface area contributed by atoms with Crippen molar-refractivity contribution in [3.05, 3.63) is 0 Å². The Morgan fingerprint density at radius 2 is 1.52 bits per heavy atom. The van der Waals surface area contributed by atoms with E-state index in [0.29, 0.717) is 39.1 Å². The molecule has 0 spiro atoms. The Balaban J connectivity index is 1.58. The van der Waals surface area contributed by atoms with Gasteiger partial charge in [-0.25, -0.2) is 0 Å². The first kappa shape index (κ1) is 22.5. The van der Waals surface area contributed by atoms with Gasteiger partial charge in [-0.15, -0.1) is 0 Å². The maximum Gasteiger partial charge on any atom is 0.282 e. The van der Waals surface area contributed by atoms with Gasteiger partial charge in [0.15, 0.2) is 0 Å². The van der Waals surface area contributed by atoms with Crippen molar-refractivity contribution in [2.45, 2.75) is 70.9 Å². The minimum absolute atomic E-state index is 0.0242. The second-order valence-electron chi connectivity index (χ2n) is 8.88. The Morgan fingerprint density at radius 1 is 0.897 bits per heavy atom. The third-order valence-corrected chi connectivity index (χ3v) is 8.69. The lowest BCUT2D eigenvalue weighted by Gasteiger charge is -2.40. The molecular weight excluding hydrogens is 392 g/mol. The van der Waals surface area contributed by atoms with Crippen LogP contribution in [0.5, 0.6) is 0 Å². The van der Waals surface area contributed by atoms with Crippen LogP contribution in [0.25, 0.3) is 0 Å². The van der Waals surface area contributed by atoms with E-state index in [9.17, 15) is 18.0 Å². The Bertz CT molecular complexity index is 697. The van der Waals surface area contributed by atoms with E-state index in [1.807, 2.05) is 13.8 Å². The average Bonchev–Trinajstić information content (AvgIpc) is 3.22. The molecule has 2 saturated heterocycles. The number of amides is 2. The zero-order valence-corrected chi connectivity index (χ0v) is 18.9. The Hall–Kier alpha value is -1.19. The second-order valence-corrected chi connectivity index (χ2v) is 10.9. The summed E-state index contributed by atoms with van der Waals surface area (Å²) in [5.41, 5.74) is 0. The quantitative estimate of drug-likeness (QED) is 0.661. The molecule has 1 unspecified atom stereocenters. The molecule has 2 aliphatic heterocycles. The molecule has 166 valence electrons. The summed E-state index contributed by atoms with van der Waals surface area (Å²) in [5, 5.41) is 0. The van der Waals surface area contributed by atoms with E-state index >= 15 is 0 Å². The van der Waals surface area contributed by atoms with Crippen LogP contribution in [0.2, 0.25) is 0 Å². The summed E-state index contributed by atoms with van der Waals surface area (Å²) in [6, 6.07) is -0.305. The normalized spacial score (nSPS) is 25.2. The van der Waals surface area contributed by atoms with Crippen LogP contribution in [-0.2, 0) is 19.8 Å². The van der Waals surface area contributed by atoms with Gasteiger partial charge in [0.05, 0.1) is 0 Å². The zero-order chi connectivity index (χ0) is 21.2.